The Bertz CT molecular complexity index is 725. The van der Waals surface area contributed by atoms with E-state index in [9.17, 15) is 26.7 Å². The van der Waals surface area contributed by atoms with E-state index in [4.69, 9.17) is 5.11 Å². The summed E-state index contributed by atoms with van der Waals surface area (Å²) in [5.74, 6) is -4.47. The molecule has 0 aromatic heterocycles. The van der Waals surface area contributed by atoms with Gasteiger partial charge in [-0.25, -0.2) is 13.6 Å². The number of rotatable bonds is 3. The summed E-state index contributed by atoms with van der Waals surface area (Å²) in [5.41, 5.74) is -1.00. The molecule has 3 nitrogen and oxygen atoms in total. The van der Waals surface area contributed by atoms with Crippen LogP contribution in [-0.4, -0.2) is 17.4 Å². The highest BCUT2D eigenvalue weighted by atomic mass is 19.4. The van der Waals surface area contributed by atoms with Crippen LogP contribution in [0.2, 0.25) is 0 Å². The molecule has 1 N–H and O–H groups in total. The Hall–Kier alpha value is -2.64. The number of carboxylic acid groups (broad SMARTS) is 1. The molecule has 0 heterocycles. The molecule has 0 aliphatic heterocycles. The number of hydrogen-bond acceptors (Lipinski definition) is 2. The normalized spacial score (nSPS) is 11.3. The first-order valence-electron chi connectivity index (χ1n) is 5.76. The van der Waals surface area contributed by atoms with Crippen molar-refractivity contribution in [3.05, 3.63) is 53.6 Å². The molecule has 0 unspecified atom stereocenters. The van der Waals surface area contributed by atoms with Crippen LogP contribution in [0.5, 0.6) is 5.75 Å². The molecule has 2 rings (SSSR count). The van der Waals surface area contributed by atoms with Gasteiger partial charge in [0.25, 0.3) is 0 Å². The van der Waals surface area contributed by atoms with Gasteiger partial charge in [0, 0.05) is 11.6 Å². The van der Waals surface area contributed by atoms with Crippen molar-refractivity contribution in [2.75, 3.05) is 0 Å². The number of alkyl halides is 3. The maximum Gasteiger partial charge on any atom is 0.573 e. The van der Waals surface area contributed by atoms with E-state index >= 15 is 0 Å². The van der Waals surface area contributed by atoms with Crippen LogP contribution in [0.1, 0.15) is 10.4 Å². The van der Waals surface area contributed by atoms with Gasteiger partial charge in [0.15, 0.2) is 0 Å². The zero-order chi connectivity index (χ0) is 16.5. The van der Waals surface area contributed by atoms with Gasteiger partial charge in [-0.1, -0.05) is 6.07 Å². The summed E-state index contributed by atoms with van der Waals surface area (Å²) in [6, 6.07) is 5.19. The number of benzene rings is 2. The number of hydrogen-bond donors (Lipinski definition) is 1. The Kier molecular flexibility index (Phi) is 4.03. The minimum absolute atomic E-state index is 0.0817. The predicted octanol–water partition coefficient (Wildman–Crippen LogP) is 4.23. The average Bonchev–Trinajstić information content (AvgIpc) is 2.36. The second kappa shape index (κ2) is 5.63. The minimum atomic E-state index is -5.11. The second-order valence-corrected chi connectivity index (χ2v) is 4.19. The molecule has 0 aliphatic rings. The topological polar surface area (TPSA) is 46.5 Å². The zero-order valence-corrected chi connectivity index (χ0v) is 10.6. The van der Waals surface area contributed by atoms with Gasteiger partial charge in [0.05, 0.1) is 0 Å². The van der Waals surface area contributed by atoms with Crippen LogP contribution in [0, 0.1) is 11.6 Å². The SMILES string of the molecule is O=C(O)c1ccc(-c2ccc(F)cc2F)cc1OC(F)(F)F. The van der Waals surface area contributed by atoms with E-state index in [-0.39, 0.29) is 11.1 Å². The Morgan fingerprint density at radius 1 is 1.05 bits per heavy atom. The summed E-state index contributed by atoms with van der Waals surface area (Å²) in [6.45, 7) is 0. The van der Waals surface area contributed by atoms with Crippen molar-refractivity contribution in [2.45, 2.75) is 6.36 Å². The van der Waals surface area contributed by atoms with Gasteiger partial charge in [-0.2, -0.15) is 0 Å². The van der Waals surface area contributed by atoms with Crippen LogP contribution in [0.3, 0.4) is 0 Å². The quantitative estimate of drug-likeness (QED) is 0.862. The summed E-state index contributed by atoms with van der Waals surface area (Å²) in [4.78, 5) is 10.9. The van der Waals surface area contributed by atoms with Crippen LogP contribution in [0.4, 0.5) is 22.0 Å². The van der Waals surface area contributed by atoms with Crippen LogP contribution in [-0.2, 0) is 0 Å². The molecule has 0 fully saturated rings. The zero-order valence-electron chi connectivity index (χ0n) is 10.6. The van der Waals surface area contributed by atoms with E-state index in [1.165, 1.54) is 0 Å². The fraction of sp³-hybridized carbons (Fsp3) is 0.0714. The van der Waals surface area contributed by atoms with Crippen molar-refractivity contribution in [1.29, 1.82) is 0 Å². The van der Waals surface area contributed by atoms with Gasteiger partial charge >= 0.3 is 12.3 Å². The molecule has 22 heavy (non-hydrogen) atoms. The molecule has 2 aromatic carbocycles. The molecule has 0 radical (unpaired) electrons. The first-order chi connectivity index (χ1) is 10.2. The smallest absolute Gasteiger partial charge is 0.478 e. The maximum atomic E-state index is 13.6. The Morgan fingerprint density at radius 2 is 1.73 bits per heavy atom. The summed E-state index contributed by atoms with van der Waals surface area (Å²) in [5, 5.41) is 8.84. The standard InChI is InChI=1S/C14H7F5O3/c15-8-2-4-9(11(16)6-8)7-1-3-10(13(20)21)12(5-7)22-14(17,18)19/h1-6H,(H,20,21). The van der Waals surface area contributed by atoms with Gasteiger partial charge in [-0.3, -0.25) is 0 Å². The van der Waals surface area contributed by atoms with E-state index in [0.29, 0.717) is 6.07 Å². The van der Waals surface area contributed by atoms with Gasteiger partial charge in [0.1, 0.15) is 22.9 Å². The van der Waals surface area contributed by atoms with E-state index in [2.05, 4.69) is 4.74 Å². The molecule has 2 aromatic rings. The molecule has 0 bridgehead atoms. The molecular weight excluding hydrogens is 311 g/mol. The van der Waals surface area contributed by atoms with Crippen molar-refractivity contribution in [3.63, 3.8) is 0 Å². The lowest BCUT2D eigenvalue weighted by Crippen LogP contribution is -2.19. The third kappa shape index (κ3) is 3.51. The third-order valence-corrected chi connectivity index (χ3v) is 2.68. The lowest BCUT2D eigenvalue weighted by molar-refractivity contribution is -0.274. The lowest BCUT2D eigenvalue weighted by atomic mass is 10.0. The molecule has 8 heteroatoms. The first kappa shape index (κ1) is 15.7. The minimum Gasteiger partial charge on any atom is -0.478 e. The number of carbonyl (C=O) groups is 1. The van der Waals surface area contributed by atoms with E-state index in [1.54, 1.807) is 0 Å². The van der Waals surface area contributed by atoms with Gasteiger partial charge in [-0.05, 0) is 29.8 Å². The average molecular weight is 318 g/mol. The van der Waals surface area contributed by atoms with Crippen LogP contribution in [0.15, 0.2) is 36.4 Å². The maximum absolute atomic E-state index is 13.6. The van der Waals surface area contributed by atoms with Crippen molar-refractivity contribution < 1.29 is 36.6 Å². The van der Waals surface area contributed by atoms with Gasteiger partial charge in [-0.15, -0.1) is 13.2 Å². The number of halogens is 5. The molecule has 0 saturated heterocycles. The molecule has 0 spiro atoms. The largest absolute Gasteiger partial charge is 0.573 e. The lowest BCUT2D eigenvalue weighted by Gasteiger charge is -2.13. The Labute approximate surface area is 120 Å². The fourth-order valence-electron chi connectivity index (χ4n) is 1.80. The third-order valence-electron chi connectivity index (χ3n) is 2.68. The van der Waals surface area contributed by atoms with Crippen molar-refractivity contribution in [3.8, 4) is 16.9 Å². The highest BCUT2D eigenvalue weighted by molar-refractivity contribution is 5.92. The summed E-state index contributed by atoms with van der Waals surface area (Å²) in [7, 11) is 0. The molecule has 0 amide bonds. The van der Waals surface area contributed by atoms with Crippen LogP contribution < -0.4 is 4.74 Å². The molecule has 116 valence electrons. The molecule has 0 atom stereocenters. The predicted molar refractivity (Wildman–Crippen MR) is 65.4 cm³/mol. The van der Waals surface area contributed by atoms with Crippen molar-refractivity contribution in [2.24, 2.45) is 0 Å². The Morgan fingerprint density at radius 3 is 2.27 bits per heavy atom. The highest BCUT2D eigenvalue weighted by Gasteiger charge is 2.33. The van der Waals surface area contributed by atoms with Gasteiger partial charge in [0.2, 0.25) is 0 Å². The molecule has 0 aliphatic carbocycles. The van der Waals surface area contributed by atoms with Gasteiger partial charge < -0.3 is 9.84 Å². The van der Waals surface area contributed by atoms with E-state index in [0.717, 1.165) is 30.3 Å². The van der Waals surface area contributed by atoms with E-state index in [1.807, 2.05) is 0 Å². The summed E-state index contributed by atoms with van der Waals surface area (Å²) < 4.78 is 67.1. The summed E-state index contributed by atoms with van der Waals surface area (Å²) in [6.07, 6.45) is -5.11. The van der Waals surface area contributed by atoms with E-state index < -0.39 is 35.3 Å². The van der Waals surface area contributed by atoms with Crippen LogP contribution in [0.25, 0.3) is 11.1 Å². The highest BCUT2D eigenvalue weighted by Crippen LogP contribution is 2.32. The molecular formula is C14H7F5O3. The number of aromatic carboxylic acids is 1. The Balaban J connectivity index is 2.55. The number of carboxylic acids is 1. The summed E-state index contributed by atoms with van der Waals surface area (Å²) >= 11 is 0. The van der Waals surface area contributed by atoms with Crippen molar-refractivity contribution >= 4 is 5.97 Å². The van der Waals surface area contributed by atoms with Crippen LogP contribution >= 0.6 is 0 Å². The monoisotopic (exact) mass is 318 g/mol. The first-order valence-corrected chi connectivity index (χ1v) is 5.76. The fourth-order valence-corrected chi connectivity index (χ4v) is 1.80. The molecule has 0 saturated carbocycles. The number of ether oxygens (including phenoxy) is 1. The second-order valence-electron chi connectivity index (χ2n) is 4.19. The van der Waals surface area contributed by atoms with Crippen molar-refractivity contribution in [1.82, 2.24) is 0 Å².